The van der Waals surface area contributed by atoms with Gasteiger partial charge in [0.25, 0.3) is 0 Å². The van der Waals surface area contributed by atoms with Gasteiger partial charge >= 0.3 is 0 Å². The summed E-state index contributed by atoms with van der Waals surface area (Å²) in [7, 11) is 0. The summed E-state index contributed by atoms with van der Waals surface area (Å²) in [6, 6.07) is 21.2. The van der Waals surface area contributed by atoms with Crippen LogP contribution in [-0.2, 0) is 22.7 Å². The second-order valence-corrected chi connectivity index (χ2v) is 6.96. The Bertz CT molecular complexity index is 644. The number of nitrogens with one attached hydrogen (secondary N) is 1. The minimum absolute atomic E-state index is 0.230. The first kappa shape index (κ1) is 18.8. The van der Waals surface area contributed by atoms with Crippen LogP contribution in [0.15, 0.2) is 73.3 Å². The summed E-state index contributed by atoms with van der Waals surface area (Å²) in [6.07, 6.45) is 4.26. The van der Waals surface area contributed by atoms with Gasteiger partial charge in [-0.05, 0) is 24.0 Å². The molecule has 0 amide bonds. The van der Waals surface area contributed by atoms with Crippen molar-refractivity contribution in [1.82, 2.24) is 5.32 Å². The number of benzene rings is 2. The van der Waals surface area contributed by atoms with Crippen LogP contribution < -0.4 is 5.32 Å². The Morgan fingerprint density at radius 1 is 0.923 bits per heavy atom. The van der Waals surface area contributed by atoms with E-state index in [4.69, 9.17) is 9.47 Å². The van der Waals surface area contributed by atoms with Gasteiger partial charge in [-0.3, -0.25) is 0 Å². The molecule has 0 bridgehead atoms. The molecule has 0 aliphatic heterocycles. The van der Waals surface area contributed by atoms with Crippen LogP contribution in [0.1, 0.15) is 24.0 Å². The Kier molecular flexibility index (Phi) is 7.44. The average molecular weight is 351 g/mol. The molecule has 3 nitrogen and oxygen atoms in total. The van der Waals surface area contributed by atoms with Gasteiger partial charge in [-0.15, -0.1) is 6.58 Å². The second kappa shape index (κ2) is 10.3. The quantitative estimate of drug-likeness (QED) is 0.646. The predicted molar refractivity (Wildman–Crippen MR) is 106 cm³/mol. The van der Waals surface area contributed by atoms with Gasteiger partial charge in [0.15, 0.2) is 0 Å². The van der Waals surface area contributed by atoms with Crippen molar-refractivity contribution in [3.8, 4) is 0 Å². The highest BCUT2D eigenvalue weighted by Crippen LogP contribution is 2.30. The third kappa shape index (κ3) is 5.80. The van der Waals surface area contributed by atoms with Gasteiger partial charge < -0.3 is 14.8 Å². The Morgan fingerprint density at radius 2 is 1.58 bits per heavy atom. The van der Waals surface area contributed by atoms with E-state index in [2.05, 4.69) is 60.4 Å². The smallest absolute Gasteiger partial charge is 0.0720 e. The van der Waals surface area contributed by atoms with Crippen LogP contribution in [0.25, 0.3) is 0 Å². The SMILES string of the molecule is C=CCN[C@@H]1C[C@H](COCc2ccccc2)[C@@H](OCc2ccccc2)C1. The normalized spacial score (nSPS) is 22.4. The maximum atomic E-state index is 6.27. The molecular weight excluding hydrogens is 322 g/mol. The van der Waals surface area contributed by atoms with Gasteiger partial charge in [0.05, 0.1) is 25.9 Å². The molecule has 0 heterocycles. The molecule has 1 aliphatic carbocycles. The summed E-state index contributed by atoms with van der Waals surface area (Å²) < 4.78 is 12.3. The molecule has 0 unspecified atom stereocenters. The van der Waals surface area contributed by atoms with Crippen molar-refractivity contribution in [2.75, 3.05) is 13.2 Å². The number of rotatable bonds is 10. The maximum Gasteiger partial charge on any atom is 0.0720 e. The van der Waals surface area contributed by atoms with E-state index in [1.807, 2.05) is 18.2 Å². The van der Waals surface area contributed by atoms with E-state index in [1.165, 1.54) is 11.1 Å². The zero-order valence-corrected chi connectivity index (χ0v) is 15.3. The highest BCUT2D eigenvalue weighted by molar-refractivity contribution is 5.14. The van der Waals surface area contributed by atoms with E-state index in [9.17, 15) is 0 Å². The van der Waals surface area contributed by atoms with E-state index < -0.39 is 0 Å². The molecule has 1 aliphatic rings. The van der Waals surface area contributed by atoms with E-state index in [1.54, 1.807) is 0 Å². The Labute approximate surface area is 157 Å². The molecule has 1 fully saturated rings. The summed E-state index contributed by atoms with van der Waals surface area (Å²) >= 11 is 0. The molecular formula is C23H29NO2. The second-order valence-electron chi connectivity index (χ2n) is 6.96. The lowest BCUT2D eigenvalue weighted by atomic mass is 10.1. The molecule has 3 rings (SSSR count). The van der Waals surface area contributed by atoms with Crippen LogP contribution in [-0.4, -0.2) is 25.3 Å². The average Bonchev–Trinajstić information content (AvgIpc) is 3.08. The molecule has 0 aromatic heterocycles. The molecule has 26 heavy (non-hydrogen) atoms. The fraction of sp³-hybridized carbons (Fsp3) is 0.391. The largest absolute Gasteiger partial charge is 0.376 e. The van der Waals surface area contributed by atoms with Crippen molar-refractivity contribution in [3.05, 3.63) is 84.4 Å². The fourth-order valence-corrected chi connectivity index (χ4v) is 3.56. The van der Waals surface area contributed by atoms with Crippen molar-refractivity contribution < 1.29 is 9.47 Å². The fourth-order valence-electron chi connectivity index (χ4n) is 3.56. The molecule has 138 valence electrons. The van der Waals surface area contributed by atoms with E-state index in [0.29, 0.717) is 25.2 Å². The van der Waals surface area contributed by atoms with Crippen LogP contribution in [0.4, 0.5) is 0 Å². The topological polar surface area (TPSA) is 30.5 Å². The molecule has 0 radical (unpaired) electrons. The minimum atomic E-state index is 0.230. The van der Waals surface area contributed by atoms with E-state index in [-0.39, 0.29) is 6.10 Å². The molecule has 0 saturated heterocycles. The summed E-state index contributed by atoms with van der Waals surface area (Å²) in [4.78, 5) is 0. The van der Waals surface area contributed by atoms with Crippen molar-refractivity contribution in [2.45, 2.75) is 38.2 Å². The third-order valence-corrected chi connectivity index (χ3v) is 4.93. The Hall–Kier alpha value is -1.94. The van der Waals surface area contributed by atoms with Crippen LogP contribution in [0.5, 0.6) is 0 Å². The first-order chi connectivity index (χ1) is 12.8. The van der Waals surface area contributed by atoms with Crippen LogP contribution in [0.2, 0.25) is 0 Å². The van der Waals surface area contributed by atoms with Gasteiger partial charge in [-0.25, -0.2) is 0 Å². The highest BCUT2D eigenvalue weighted by atomic mass is 16.5. The lowest BCUT2D eigenvalue weighted by Crippen LogP contribution is -2.27. The Balaban J connectivity index is 1.51. The zero-order valence-electron chi connectivity index (χ0n) is 15.3. The maximum absolute atomic E-state index is 6.27. The first-order valence-corrected chi connectivity index (χ1v) is 9.46. The van der Waals surface area contributed by atoms with E-state index in [0.717, 1.165) is 26.0 Å². The number of hydrogen-bond acceptors (Lipinski definition) is 3. The standard InChI is InChI=1S/C23H29NO2/c1-2-13-24-22-14-21(18-25-16-19-9-5-3-6-10-19)23(15-22)26-17-20-11-7-4-8-12-20/h2-12,21-24H,1,13-18H2/t21-,22-,23+/m1/s1. The molecule has 1 N–H and O–H groups in total. The zero-order chi connectivity index (χ0) is 18.0. The monoisotopic (exact) mass is 351 g/mol. The van der Waals surface area contributed by atoms with Gasteiger partial charge in [0, 0.05) is 18.5 Å². The van der Waals surface area contributed by atoms with Crippen molar-refractivity contribution >= 4 is 0 Å². The van der Waals surface area contributed by atoms with Crippen LogP contribution >= 0.6 is 0 Å². The van der Waals surface area contributed by atoms with Crippen molar-refractivity contribution in [2.24, 2.45) is 5.92 Å². The van der Waals surface area contributed by atoms with Crippen LogP contribution in [0.3, 0.4) is 0 Å². The first-order valence-electron chi connectivity index (χ1n) is 9.46. The summed E-state index contributed by atoms with van der Waals surface area (Å²) in [6.45, 7) is 6.70. The van der Waals surface area contributed by atoms with Gasteiger partial charge in [0.2, 0.25) is 0 Å². The van der Waals surface area contributed by atoms with Gasteiger partial charge in [0.1, 0.15) is 0 Å². The molecule has 2 aromatic carbocycles. The van der Waals surface area contributed by atoms with Gasteiger partial charge in [-0.1, -0.05) is 66.7 Å². The summed E-state index contributed by atoms with van der Waals surface area (Å²) in [5.41, 5.74) is 2.44. The number of hydrogen-bond donors (Lipinski definition) is 1. The van der Waals surface area contributed by atoms with Crippen LogP contribution in [0, 0.1) is 5.92 Å². The molecule has 0 spiro atoms. The van der Waals surface area contributed by atoms with Crippen molar-refractivity contribution in [1.29, 1.82) is 0 Å². The highest BCUT2D eigenvalue weighted by Gasteiger charge is 2.34. The molecule has 3 atom stereocenters. The Morgan fingerprint density at radius 3 is 2.23 bits per heavy atom. The van der Waals surface area contributed by atoms with Gasteiger partial charge in [-0.2, -0.15) is 0 Å². The summed E-state index contributed by atoms with van der Waals surface area (Å²) in [5.74, 6) is 0.421. The third-order valence-electron chi connectivity index (χ3n) is 4.93. The minimum Gasteiger partial charge on any atom is -0.376 e. The lowest BCUT2D eigenvalue weighted by Gasteiger charge is -2.20. The predicted octanol–water partition coefficient (Wildman–Crippen LogP) is 4.34. The molecule has 2 aromatic rings. The van der Waals surface area contributed by atoms with Crippen molar-refractivity contribution in [3.63, 3.8) is 0 Å². The summed E-state index contributed by atoms with van der Waals surface area (Å²) in [5, 5.41) is 3.54. The molecule has 1 saturated carbocycles. The lowest BCUT2D eigenvalue weighted by molar-refractivity contribution is -0.0189. The molecule has 3 heteroatoms. The van der Waals surface area contributed by atoms with E-state index >= 15 is 0 Å². The number of ether oxygens (including phenoxy) is 2.